The number of likely N-dealkylation sites (N-methyl/N-ethyl adjacent to an activating group) is 1. The van der Waals surface area contributed by atoms with Crippen LogP contribution in [0.5, 0.6) is 0 Å². The Morgan fingerprint density at radius 1 is 1.22 bits per heavy atom. The zero-order chi connectivity index (χ0) is 19.1. The molecule has 1 amide bonds. The summed E-state index contributed by atoms with van der Waals surface area (Å²) >= 11 is 0. The summed E-state index contributed by atoms with van der Waals surface area (Å²) in [6, 6.07) is 11.1. The molecule has 148 valence electrons. The molecule has 0 aromatic heterocycles. The smallest absolute Gasteiger partial charge is 0.243 e. The van der Waals surface area contributed by atoms with E-state index < -0.39 is 0 Å². The Morgan fingerprint density at radius 3 is 2.67 bits per heavy atom. The van der Waals surface area contributed by atoms with Gasteiger partial charge in [0.15, 0.2) is 5.96 Å². The number of nitrogens with one attached hydrogen (secondary N) is 1. The molecule has 1 unspecified atom stereocenters. The van der Waals surface area contributed by atoms with E-state index in [9.17, 15) is 4.79 Å². The first-order chi connectivity index (χ1) is 13.1. The minimum atomic E-state index is 0.0290. The largest absolute Gasteiger partial charge is 0.381 e. The van der Waals surface area contributed by atoms with Gasteiger partial charge in [-0.25, -0.2) is 4.99 Å². The first-order valence-corrected chi connectivity index (χ1v) is 9.99. The number of amides is 1. The standard InChI is InChI=1S/C21H32N4O2/c1-24(2)20(26)15-22-21(23-19-9-12-27-13-10-19)25-11-8-18(16-25)14-17-6-4-3-5-7-17/h3-7,18-19H,8-16H2,1-2H3,(H,22,23). The Morgan fingerprint density at radius 2 is 1.96 bits per heavy atom. The van der Waals surface area contributed by atoms with Gasteiger partial charge in [-0.15, -0.1) is 0 Å². The number of benzene rings is 1. The van der Waals surface area contributed by atoms with Crippen molar-refractivity contribution in [2.24, 2.45) is 10.9 Å². The van der Waals surface area contributed by atoms with Gasteiger partial charge < -0.3 is 19.9 Å². The van der Waals surface area contributed by atoms with Gasteiger partial charge in [0.2, 0.25) is 5.91 Å². The number of hydrogen-bond acceptors (Lipinski definition) is 3. The van der Waals surface area contributed by atoms with E-state index in [4.69, 9.17) is 4.74 Å². The molecule has 6 nitrogen and oxygen atoms in total. The predicted molar refractivity (Wildman–Crippen MR) is 108 cm³/mol. The maximum atomic E-state index is 12.0. The Balaban J connectivity index is 1.62. The van der Waals surface area contributed by atoms with Crippen molar-refractivity contribution in [1.29, 1.82) is 0 Å². The molecule has 0 bridgehead atoms. The third-order valence-corrected chi connectivity index (χ3v) is 5.37. The first-order valence-electron chi connectivity index (χ1n) is 9.99. The van der Waals surface area contributed by atoms with E-state index in [0.717, 1.165) is 57.9 Å². The van der Waals surface area contributed by atoms with Crippen molar-refractivity contribution in [2.75, 3.05) is 46.9 Å². The highest BCUT2D eigenvalue weighted by Crippen LogP contribution is 2.21. The molecule has 2 heterocycles. The molecule has 2 aliphatic rings. The molecule has 0 radical (unpaired) electrons. The number of carbonyl (C=O) groups is 1. The molecule has 0 saturated carbocycles. The Hall–Kier alpha value is -2.08. The number of guanidine groups is 1. The van der Waals surface area contributed by atoms with E-state index in [2.05, 4.69) is 45.5 Å². The van der Waals surface area contributed by atoms with E-state index in [1.807, 2.05) is 0 Å². The predicted octanol–water partition coefficient (Wildman–Crippen LogP) is 1.76. The molecule has 0 aliphatic carbocycles. The maximum Gasteiger partial charge on any atom is 0.243 e. The monoisotopic (exact) mass is 372 g/mol. The van der Waals surface area contributed by atoms with Crippen LogP contribution < -0.4 is 5.32 Å². The van der Waals surface area contributed by atoms with Gasteiger partial charge in [0.05, 0.1) is 0 Å². The van der Waals surface area contributed by atoms with Gasteiger partial charge in [0.1, 0.15) is 6.54 Å². The Kier molecular flexibility index (Phi) is 7.10. The second kappa shape index (κ2) is 9.74. The van der Waals surface area contributed by atoms with Crippen LogP contribution in [0.25, 0.3) is 0 Å². The average Bonchev–Trinajstić information content (AvgIpc) is 3.14. The summed E-state index contributed by atoms with van der Waals surface area (Å²) in [6.45, 7) is 3.75. The van der Waals surface area contributed by atoms with Crippen LogP contribution in [-0.4, -0.2) is 74.7 Å². The Bertz CT molecular complexity index is 626. The van der Waals surface area contributed by atoms with Crippen molar-refractivity contribution in [3.63, 3.8) is 0 Å². The number of nitrogens with zero attached hydrogens (tertiary/aromatic N) is 3. The molecule has 1 N–H and O–H groups in total. The SMILES string of the molecule is CN(C)C(=O)CN=C(NC1CCOCC1)N1CCC(Cc2ccccc2)C1. The Labute approximate surface area is 162 Å². The molecular formula is C21H32N4O2. The summed E-state index contributed by atoms with van der Waals surface area (Å²) in [5.41, 5.74) is 1.39. The summed E-state index contributed by atoms with van der Waals surface area (Å²) in [5.74, 6) is 1.53. The van der Waals surface area contributed by atoms with Gasteiger partial charge in [0, 0.05) is 46.4 Å². The number of hydrogen-bond donors (Lipinski definition) is 1. The molecule has 1 aromatic rings. The third kappa shape index (κ3) is 5.96. The lowest BCUT2D eigenvalue weighted by atomic mass is 9.99. The highest BCUT2D eigenvalue weighted by Gasteiger charge is 2.27. The van der Waals surface area contributed by atoms with Gasteiger partial charge >= 0.3 is 0 Å². The van der Waals surface area contributed by atoms with Crippen LogP contribution in [0.2, 0.25) is 0 Å². The van der Waals surface area contributed by atoms with Crippen LogP contribution in [0.3, 0.4) is 0 Å². The molecule has 2 saturated heterocycles. The summed E-state index contributed by atoms with van der Waals surface area (Å²) in [6.07, 6.45) is 4.23. The number of rotatable bonds is 5. The molecule has 1 atom stereocenters. The fraction of sp³-hybridized carbons (Fsp3) is 0.619. The molecular weight excluding hydrogens is 340 g/mol. The van der Waals surface area contributed by atoms with Crippen LogP contribution in [-0.2, 0) is 16.0 Å². The van der Waals surface area contributed by atoms with Crippen LogP contribution in [0.4, 0.5) is 0 Å². The summed E-state index contributed by atoms with van der Waals surface area (Å²) < 4.78 is 5.47. The normalized spacial score (nSPS) is 21.3. The summed E-state index contributed by atoms with van der Waals surface area (Å²) in [5, 5.41) is 3.60. The van der Waals surface area contributed by atoms with Crippen molar-refractivity contribution in [1.82, 2.24) is 15.1 Å². The van der Waals surface area contributed by atoms with Gasteiger partial charge in [-0.3, -0.25) is 4.79 Å². The van der Waals surface area contributed by atoms with E-state index in [0.29, 0.717) is 12.0 Å². The van der Waals surface area contributed by atoms with Gasteiger partial charge in [0.25, 0.3) is 0 Å². The van der Waals surface area contributed by atoms with Crippen LogP contribution >= 0.6 is 0 Å². The fourth-order valence-electron chi connectivity index (χ4n) is 3.68. The zero-order valence-electron chi connectivity index (χ0n) is 16.6. The third-order valence-electron chi connectivity index (χ3n) is 5.37. The second-order valence-corrected chi connectivity index (χ2v) is 7.75. The lowest BCUT2D eigenvalue weighted by molar-refractivity contribution is -0.127. The van der Waals surface area contributed by atoms with E-state index >= 15 is 0 Å². The molecule has 3 rings (SSSR count). The minimum absolute atomic E-state index is 0.0290. The highest BCUT2D eigenvalue weighted by atomic mass is 16.5. The van der Waals surface area contributed by atoms with Gasteiger partial charge in [-0.1, -0.05) is 30.3 Å². The number of aliphatic imine (C=N–C) groups is 1. The molecule has 1 aromatic carbocycles. The zero-order valence-corrected chi connectivity index (χ0v) is 16.6. The van der Waals surface area contributed by atoms with E-state index in [1.54, 1.807) is 19.0 Å². The molecule has 0 spiro atoms. The number of ether oxygens (including phenoxy) is 1. The van der Waals surface area contributed by atoms with Crippen LogP contribution in [0.15, 0.2) is 35.3 Å². The average molecular weight is 373 g/mol. The van der Waals surface area contributed by atoms with Crippen molar-refractivity contribution in [3.05, 3.63) is 35.9 Å². The van der Waals surface area contributed by atoms with Crippen molar-refractivity contribution in [2.45, 2.75) is 31.7 Å². The minimum Gasteiger partial charge on any atom is -0.381 e. The lowest BCUT2D eigenvalue weighted by Crippen LogP contribution is -2.47. The first kappa shape index (κ1) is 19.7. The molecule has 6 heteroatoms. The van der Waals surface area contributed by atoms with Crippen LogP contribution in [0.1, 0.15) is 24.8 Å². The summed E-state index contributed by atoms with van der Waals surface area (Å²) in [7, 11) is 3.55. The molecule has 2 aliphatic heterocycles. The van der Waals surface area contributed by atoms with Gasteiger partial charge in [-0.2, -0.15) is 0 Å². The number of carbonyl (C=O) groups excluding carboxylic acids is 1. The number of likely N-dealkylation sites (tertiary alicyclic amines) is 1. The van der Waals surface area contributed by atoms with Crippen molar-refractivity contribution < 1.29 is 9.53 Å². The second-order valence-electron chi connectivity index (χ2n) is 7.75. The van der Waals surface area contributed by atoms with Crippen molar-refractivity contribution in [3.8, 4) is 0 Å². The highest BCUT2D eigenvalue weighted by molar-refractivity contribution is 5.85. The molecule has 2 fully saturated rings. The van der Waals surface area contributed by atoms with Crippen LogP contribution in [0, 0.1) is 5.92 Å². The van der Waals surface area contributed by atoms with Crippen molar-refractivity contribution >= 4 is 11.9 Å². The summed E-state index contributed by atoms with van der Waals surface area (Å²) in [4.78, 5) is 20.6. The van der Waals surface area contributed by atoms with E-state index in [1.165, 1.54) is 5.56 Å². The quantitative estimate of drug-likeness (QED) is 0.632. The molecule has 27 heavy (non-hydrogen) atoms. The topological polar surface area (TPSA) is 57.2 Å². The van der Waals surface area contributed by atoms with E-state index in [-0.39, 0.29) is 12.5 Å². The lowest BCUT2D eigenvalue weighted by Gasteiger charge is -2.29. The van der Waals surface area contributed by atoms with Gasteiger partial charge in [-0.05, 0) is 37.2 Å². The maximum absolute atomic E-state index is 12.0. The fourth-order valence-corrected chi connectivity index (χ4v) is 3.68.